The highest BCUT2D eigenvalue weighted by atomic mass is 19.1. The highest BCUT2D eigenvalue weighted by molar-refractivity contribution is 5.83. The van der Waals surface area contributed by atoms with Crippen LogP contribution < -0.4 is 4.74 Å². The molecule has 0 spiro atoms. The fraction of sp³-hybridized carbons (Fsp3) is 0.500. The lowest BCUT2D eigenvalue weighted by Gasteiger charge is -2.37. The third kappa shape index (κ3) is 5.55. The quantitative estimate of drug-likeness (QED) is 0.474. The zero-order chi connectivity index (χ0) is 24.1. The van der Waals surface area contributed by atoms with Crippen LogP contribution in [0.4, 0.5) is 4.39 Å². The van der Waals surface area contributed by atoms with Gasteiger partial charge in [0.05, 0.1) is 24.9 Å². The van der Waals surface area contributed by atoms with Gasteiger partial charge in [-0.2, -0.15) is 0 Å². The number of piperidine rings is 1. The van der Waals surface area contributed by atoms with E-state index in [0.29, 0.717) is 30.7 Å². The Balaban J connectivity index is 1.34. The minimum absolute atomic E-state index is 0.0216. The van der Waals surface area contributed by atoms with Crippen molar-refractivity contribution in [2.75, 3.05) is 26.7 Å². The molecule has 1 unspecified atom stereocenters. The van der Waals surface area contributed by atoms with E-state index >= 15 is 4.39 Å². The summed E-state index contributed by atoms with van der Waals surface area (Å²) in [5.41, 5.74) is 2.49. The Labute approximate surface area is 199 Å². The molecule has 1 aliphatic heterocycles. The third-order valence-electron chi connectivity index (χ3n) is 7.09. The van der Waals surface area contributed by atoms with Gasteiger partial charge in [0.15, 0.2) is 0 Å². The van der Waals surface area contributed by atoms with E-state index in [1.807, 2.05) is 36.0 Å². The smallest absolute Gasteiger partial charge is 0.308 e. The summed E-state index contributed by atoms with van der Waals surface area (Å²) in [4.78, 5) is 22.7. The second-order valence-corrected chi connectivity index (χ2v) is 9.22. The summed E-state index contributed by atoms with van der Waals surface area (Å²) in [6.45, 7) is 2.24. The lowest BCUT2D eigenvalue weighted by molar-refractivity contribution is -0.146. The average Bonchev–Trinajstić information content (AvgIpc) is 3.26. The van der Waals surface area contributed by atoms with Gasteiger partial charge in [0, 0.05) is 37.1 Å². The van der Waals surface area contributed by atoms with Crippen molar-refractivity contribution in [2.24, 2.45) is 18.9 Å². The lowest BCUT2D eigenvalue weighted by atomic mass is 9.81. The molecule has 0 saturated carbocycles. The molecule has 1 fully saturated rings. The number of ether oxygens (including phenoxy) is 1. The van der Waals surface area contributed by atoms with Gasteiger partial charge in [-0.15, -0.1) is 0 Å². The van der Waals surface area contributed by atoms with Crippen molar-refractivity contribution in [1.82, 2.24) is 19.4 Å². The van der Waals surface area contributed by atoms with Crippen molar-refractivity contribution in [3.8, 4) is 5.75 Å². The largest absolute Gasteiger partial charge is 0.497 e. The van der Waals surface area contributed by atoms with E-state index in [1.54, 1.807) is 25.7 Å². The fourth-order valence-corrected chi connectivity index (χ4v) is 5.07. The Morgan fingerprint density at radius 2 is 2.21 bits per heavy atom. The molecule has 3 atom stereocenters. The Morgan fingerprint density at radius 3 is 2.94 bits per heavy atom. The Kier molecular flexibility index (Phi) is 7.77. The molecule has 7 nitrogen and oxygen atoms in total. The Bertz CT molecular complexity index is 1120. The fourth-order valence-electron chi connectivity index (χ4n) is 5.07. The van der Waals surface area contributed by atoms with Gasteiger partial charge in [-0.05, 0) is 80.9 Å². The molecule has 0 amide bonds. The molecule has 1 aliphatic rings. The lowest BCUT2D eigenvalue weighted by Crippen LogP contribution is -2.44. The number of carbonyl (C=O) groups is 1. The van der Waals surface area contributed by atoms with Crippen LogP contribution in [0.5, 0.6) is 5.75 Å². The number of halogens is 1. The van der Waals surface area contributed by atoms with Crippen molar-refractivity contribution in [3.05, 3.63) is 54.2 Å². The number of pyridine rings is 1. The predicted octanol–water partition coefficient (Wildman–Crippen LogP) is 4.42. The van der Waals surface area contributed by atoms with Gasteiger partial charge < -0.3 is 19.3 Å². The van der Waals surface area contributed by atoms with Gasteiger partial charge in [-0.3, -0.25) is 9.78 Å². The van der Waals surface area contributed by atoms with E-state index in [1.165, 1.54) is 5.69 Å². The van der Waals surface area contributed by atoms with Crippen molar-refractivity contribution < 1.29 is 19.0 Å². The number of aryl methyl sites for hydroxylation is 2. The van der Waals surface area contributed by atoms with E-state index in [2.05, 4.69) is 14.9 Å². The van der Waals surface area contributed by atoms with Gasteiger partial charge in [0.25, 0.3) is 0 Å². The van der Waals surface area contributed by atoms with Crippen LogP contribution >= 0.6 is 0 Å². The predicted molar refractivity (Wildman–Crippen MR) is 129 cm³/mol. The number of benzene rings is 1. The van der Waals surface area contributed by atoms with E-state index in [0.717, 1.165) is 43.3 Å². The number of aromatic nitrogens is 3. The first-order chi connectivity index (χ1) is 16.5. The van der Waals surface area contributed by atoms with E-state index in [4.69, 9.17) is 4.74 Å². The summed E-state index contributed by atoms with van der Waals surface area (Å²) < 4.78 is 22.7. The normalized spacial score (nSPS) is 19.9. The van der Waals surface area contributed by atoms with Gasteiger partial charge in [0.2, 0.25) is 0 Å². The maximum Gasteiger partial charge on any atom is 0.308 e. The molecular weight excluding hydrogens is 435 g/mol. The molecule has 4 rings (SSSR count). The zero-order valence-corrected chi connectivity index (χ0v) is 19.9. The molecule has 1 aromatic carbocycles. The van der Waals surface area contributed by atoms with E-state index < -0.39 is 18.1 Å². The number of hydrogen-bond donors (Lipinski definition) is 1. The topological polar surface area (TPSA) is 80.5 Å². The van der Waals surface area contributed by atoms with Crippen LogP contribution in [0.3, 0.4) is 0 Å². The van der Waals surface area contributed by atoms with Gasteiger partial charge >= 0.3 is 5.97 Å². The second kappa shape index (κ2) is 11.0. The SMILES string of the molecule is COc1ccc2nccc(C(F)CC[C@@H]3CCN(CCCc4cncn4C)C[C@@H]3C(=O)O)c2c1. The number of methoxy groups -OCH3 is 1. The molecule has 0 radical (unpaired) electrons. The van der Waals surface area contributed by atoms with Crippen LogP contribution in [-0.2, 0) is 18.3 Å². The Hall–Kier alpha value is -3.00. The van der Waals surface area contributed by atoms with Crippen LogP contribution in [-0.4, -0.2) is 57.3 Å². The molecule has 182 valence electrons. The number of hydrogen-bond acceptors (Lipinski definition) is 5. The molecule has 1 saturated heterocycles. The summed E-state index contributed by atoms with van der Waals surface area (Å²) in [6.07, 6.45) is 7.63. The summed E-state index contributed by atoms with van der Waals surface area (Å²) in [5, 5.41) is 10.6. The standard InChI is InChI=1S/C26H33FN4O3/c1-30-17-28-15-19(30)4-3-12-31-13-10-18(23(16-31)26(32)33)5-7-24(27)21-9-11-29-25-8-6-20(34-2)14-22(21)25/h6,8-9,11,14-15,17-18,23-24H,3-5,7,10,12-13,16H2,1-2H3,(H,32,33)/t18-,23+,24?/m1/s1. The number of nitrogens with zero attached hydrogens (tertiary/aromatic N) is 4. The van der Waals surface area contributed by atoms with Crippen LogP contribution in [0.1, 0.15) is 43.1 Å². The maximum absolute atomic E-state index is 15.4. The monoisotopic (exact) mass is 468 g/mol. The molecule has 1 N–H and O–H groups in total. The first-order valence-electron chi connectivity index (χ1n) is 11.9. The van der Waals surface area contributed by atoms with Crippen molar-refractivity contribution >= 4 is 16.9 Å². The minimum Gasteiger partial charge on any atom is -0.497 e. The number of carboxylic acids is 1. The van der Waals surface area contributed by atoms with E-state index in [-0.39, 0.29) is 5.92 Å². The molecule has 0 aliphatic carbocycles. The summed E-state index contributed by atoms with van der Waals surface area (Å²) in [7, 11) is 3.57. The third-order valence-corrected chi connectivity index (χ3v) is 7.09. The number of aliphatic carboxylic acids is 1. The van der Waals surface area contributed by atoms with E-state index in [9.17, 15) is 9.90 Å². The van der Waals surface area contributed by atoms with Crippen LogP contribution in [0.25, 0.3) is 10.9 Å². The van der Waals surface area contributed by atoms with Crippen LogP contribution in [0.2, 0.25) is 0 Å². The maximum atomic E-state index is 15.4. The Morgan fingerprint density at radius 1 is 1.35 bits per heavy atom. The highest BCUT2D eigenvalue weighted by Gasteiger charge is 2.34. The van der Waals surface area contributed by atoms with Crippen LogP contribution in [0, 0.1) is 11.8 Å². The van der Waals surface area contributed by atoms with Crippen molar-refractivity contribution in [1.29, 1.82) is 0 Å². The first-order valence-corrected chi connectivity index (χ1v) is 11.9. The number of carboxylic acid groups (broad SMARTS) is 1. The number of fused-ring (bicyclic) bond motifs is 1. The summed E-state index contributed by atoms with van der Waals surface area (Å²) in [5.74, 6) is -0.606. The molecule has 0 bridgehead atoms. The van der Waals surface area contributed by atoms with Crippen LogP contribution in [0.15, 0.2) is 43.0 Å². The van der Waals surface area contributed by atoms with Crippen molar-refractivity contribution in [2.45, 2.75) is 38.3 Å². The first kappa shape index (κ1) is 24.1. The molecule has 2 aromatic heterocycles. The highest BCUT2D eigenvalue weighted by Crippen LogP contribution is 2.35. The van der Waals surface area contributed by atoms with Gasteiger partial charge in [-0.1, -0.05) is 0 Å². The van der Waals surface area contributed by atoms with Crippen molar-refractivity contribution in [3.63, 3.8) is 0 Å². The second-order valence-electron chi connectivity index (χ2n) is 9.22. The summed E-state index contributed by atoms with van der Waals surface area (Å²) in [6, 6.07) is 7.17. The number of imidazole rings is 1. The van der Waals surface area contributed by atoms with Gasteiger partial charge in [0.1, 0.15) is 11.9 Å². The zero-order valence-electron chi connectivity index (χ0n) is 19.9. The number of rotatable bonds is 10. The molecular formula is C26H33FN4O3. The van der Waals surface area contributed by atoms with Gasteiger partial charge in [-0.25, -0.2) is 9.37 Å². The minimum atomic E-state index is -1.18. The number of alkyl halides is 1. The molecule has 3 heterocycles. The molecule has 8 heteroatoms. The summed E-state index contributed by atoms with van der Waals surface area (Å²) >= 11 is 0. The number of likely N-dealkylation sites (tertiary alicyclic amines) is 1. The average molecular weight is 469 g/mol. The molecule has 34 heavy (non-hydrogen) atoms. The molecule has 3 aromatic rings.